The van der Waals surface area contributed by atoms with Crippen LogP contribution in [0.2, 0.25) is 0 Å². The Morgan fingerprint density at radius 2 is 1.94 bits per heavy atom. The highest BCUT2D eigenvalue weighted by Crippen LogP contribution is 2.15. The van der Waals surface area contributed by atoms with Gasteiger partial charge < -0.3 is 9.53 Å². The van der Waals surface area contributed by atoms with Crippen molar-refractivity contribution in [1.82, 2.24) is 0 Å². The molecule has 0 saturated heterocycles. The monoisotopic (exact) mass is 240 g/mol. The molecule has 0 unspecified atom stereocenters. The van der Waals surface area contributed by atoms with Crippen LogP contribution in [0.1, 0.15) is 47.5 Å². The second-order valence-electron chi connectivity index (χ2n) is 5.57. The van der Waals surface area contributed by atoms with Crippen molar-refractivity contribution >= 4 is 12.3 Å². The maximum absolute atomic E-state index is 11.5. The number of hydrogen-bond donors (Lipinski definition) is 0. The maximum atomic E-state index is 11.5. The number of hydrogen-bond acceptors (Lipinski definition) is 3. The Bertz CT molecular complexity index is 284. The van der Waals surface area contributed by atoms with E-state index in [2.05, 4.69) is 0 Å². The Balaban J connectivity index is 3.94. The Kier molecular flexibility index (Phi) is 6.78. The van der Waals surface area contributed by atoms with Gasteiger partial charge in [0, 0.05) is 5.92 Å². The third-order valence-corrected chi connectivity index (χ3v) is 2.39. The molecule has 0 aromatic rings. The molecule has 0 fully saturated rings. The van der Waals surface area contributed by atoms with Gasteiger partial charge in [-0.2, -0.15) is 0 Å². The predicted octanol–water partition coefficient (Wildman–Crippen LogP) is 3.14. The molecule has 3 heteroatoms. The van der Waals surface area contributed by atoms with E-state index in [0.29, 0.717) is 6.61 Å². The van der Waals surface area contributed by atoms with Gasteiger partial charge in [-0.05, 0) is 46.1 Å². The van der Waals surface area contributed by atoms with Gasteiger partial charge >= 0.3 is 5.97 Å². The molecule has 0 aromatic carbocycles. The van der Waals surface area contributed by atoms with Crippen LogP contribution in [0.25, 0.3) is 0 Å². The van der Waals surface area contributed by atoms with E-state index >= 15 is 0 Å². The van der Waals surface area contributed by atoms with E-state index in [9.17, 15) is 9.59 Å². The first-order chi connectivity index (χ1) is 7.77. The van der Waals surface area contributed by atoms with Crippen molar-refractivity contribution in [3.05, 3.63) is 11.6 Å². The summed E-state index contributed by atoms with van der Waals surface area (Å²) >= 11 is 0. The Morgan fingerprint density at radius 3 is 2.41 bits per heavy atom. The molecule has 0 heterocycles. The molecule has 0 radical (unpaired) electrons. The molecule has 0 aliphatic rings. The zero-order chi connectivity index (χ0) is 13.5. The normalized spacial score (nSPS) is 14.3. The third kappa shape index (κ3) is 7.72. The summed E-state index contributed by atoms with van der Waals surface area (Å²) in [5, 5.41) is 0. The number of ether oxygens (including phenoxy) is 1. The summed E-state index contributed by atoms with van der Waals surface area (Å²) in [4.78, 5) is 21.9. The van der Waals surface area contributed by atoms with Crippen molar-refractivity contribution in [2.45, 2.75) is 47.5 Å². The molecule has 0 aliphatic heterocycles. The predicted molar refractivity (Wildman–Crippen MR) is 68.6 cm³/mol. The van der Waals surface area contributed by atoms with Crippen LogP contribution < -0.4 is 0 Å². The van der Waals surface area contributed by atoms with Crippen LogP contribution in [0.4, 0.5) is 0 Å². The standard InChI is InChI=1S/C14H24O3/c1-11(9-15)7-6-8-12(2)10-17-13(16)14(3,4)5/h8-9,11H,6-7,10H2,1-5H3/b12-8+/t11-/m0/s1. The minimum absolute atomic E-state index is 0.0937. The zero-order valence-electron chi connectivity index (χ0n) is 11.6. The smallest absolute Gasteiger partial charge is 0.311 e. The SMILES string of the molecule is C/C(=C\CC[C@H](C)C=O)COC(=O)C(C)(C)C. The second kappa shape index (κ2) is 7.25. The van der Waals surface area contributed by atoms with E-state index in [1.807, 2.05) is 40.7 Å². The lowest BCUT2D eigenvalue weighted by atomic mass is 9.97. The van der Waals surface area contributed by atoms with E-state index < -0.39 is 5.41 Å². The molecule has 17 heavy (non-hydrogen) atoms. The van der Waals surface area contributed by atoms with Crippen LogP contribution in [0.5, 0.6) is 0 Å². The van der Waals surface area contributed by atoms with Crippen molar-refractivity contribution in [3.63, 3.8) is 0 Å². The van der Waals surface area contributed by atoms with Crippen LogP contribution >= 0.6 is 0 Å². The second-order valence-corrected chi connectivity index (χ2v) is 5.57. The lowest BCUT2D eigenvalue weighted by Crippen LogP contribution is -2.23. The molecule has 3 nitrogen and oxygen atoms in total. The molecule has 0 N–H and O–H groups in total. The average molecular weight is 240 g/mol. The van der Waals surface area contributed by atoms with Crippen LogP contribution in [0.15, 0.2) is 11.6 Å². The lowest BCUT2D eigenvalue weighted by Gasteiger charge is -2.16. The highest BCUT2D eigenvalue weighted by molar-refractivity contribution is 5.75. The summed E-state index contributed by atoms with van der Waals surface area (Å²) in [7, 11) is 0. The van der Waals surface area contributed by atoms with Gasteiger partial charge in [0.1, 0.15) is 12.9 Å². The molecule has 0 saturated carbocycles. The largest absolute Gasteiger partial charge is 0.461 e. The highest BCUT2D eigenvalue weighted by atomic mass is 16.5. The quantitative estimate of drug-likeness (QED) is 0.407. The first-order valence-corrected chi connectivity index (χ1v) is 6.05. The van der Waals surface area contributed by atoms with Gasteiger partial charge in [-0.3, -0.25) is 4.79 Å². The van der Waals surface area contributed by atoms with Gasteiger partial charge in [0.25, 0.3) is 0 Å². The van der Waals surface area contributed by atoms with Gasteiger partial charge in [-0.25, -0.2) is 0 Å². The number of aldehydes is 1. The Hall–Kier alpha value is -1.12. The van der Waals surface area contributed by atoms with Gasteiger partial charge in [0.05, 0.1) is 5.41 Å². The fourth-order valence-electron chi connectivity index (χ4n) is 1.12. The average Bonchev–Trinajstić information content (AvgIpc) is 2.24. The fourth-order valence-corrected chi connectivity index (χ4v) is 1.12. The van der Waals surface area contributed by atoms with Crippen molar-refractivity contribution in [2.75, 3.05) is 6.61 Å². The molecule has 0 bridgehead atoms. The fraction of sp³-hybridized carbons (Fsp3) is 0.714. The summed E-state index contributed by atoms with van der Waals surface area (Å²) in [6.45, 7) is 9.67. The van der Waals surface area contributed by atoms with Crippen LogP contribution in [0.3, 0.4) is 0 Å². The lowest BCUT2D eigenvalue weighted by molar-refractivity contribution is -0.151. The summed E-state index contributed by atoms with van der Waals surface area (Å²) < 4.78 is 5.18. The summed E-state index contributed by atoms with van der Waals surface area (Å²) in [6.07, 6.45) is 4.67. The van der Waals surface area contributed by atoms with E-state index in [0.717, 1.165) is 24.7 Å². The van der Waals surface area contributed by atoms with E-state index in [1.165, 1.54) is 0 Å². The van der Waals surface area contributed by atoms with Gasteiger partial charge in [0.2, 0.25) is 0 Å². The van der Waals surface area contributed by atoms with Gasteiger partial charge in [-0.1, -0.05) is 13.0 Å². The number of rotatable bonds is 6. The number of carbonyl (C=O) groups excluding carboxylic acids is 2. The molecule has 0 spiro atoms. The minimum Gasteiger partial charge on any atom is -0.461 e. The summed E-state index contributed by atoms with van der Waals surface area (Å²) in [5.41, 5.74) is 0.576. The highest BCUT2D eigenvalue weighted by Gasteiger charge is 2.22. The molecule has 0 amide bonds. The number of esters is 1. The first kappa shape index (κ1) is 15.9. The van der Waals surface area contributed by atoms with E-state index in [4.69, 9.17) is 4.74 Å². The van der Waals surface area contributed by atoms with E-state index in [1.54, 1.807) is 0 Å². The van der Waals surface area contributed by atoms with Gasteiger partial charge in [-0.15, -0.1) is 0 Å². The molecular weight excluding hydrogens is 216 g/mol. The Labute approximate surface area is 104 Å². The molecule has 0 rings (SSSR count). The van der Waals surface area contributed by atoms with Crippen molar-refractivity contribution < 1.29 is 14.3 Å². The molecule has 0 aromatic heterocycles. The van der Waals surface area contributed by atoms with Crippen LogP contribution in [-0.2, 0) is 14.3 Å². The first-order valence-electron chi connectivity index (χ1n) is 6.05. The third-order valence-electron chi connectivity index (χ3n) is 2.39. The molecule has 1 atom stereocenters. The van der Waals surface area contributed by atoms with E-state index in [-0.39, 0.29) is 11.9 Å². The summed E-state index contributed by atoms with van der Waals surface area (Å²) in [6, 6.07) is 0. The summed E-state index contributed by atoms with van der Waals surface area (Å²) in [5.74, 6) is -0.0947. The maximum Gasteiger partial charge on any atom is 0.311 e. The van der Waals surface area contributed by atoms with Crippen molar-refractivity contribution in [1.29, 1.82) is 0 Å². The topological polar surface area (TPSA) is 43.4 Å². The molecule has 0 aliphatic carbocycles. The van der Waals surface area contributed by atoms with Crippen LogP contribution in [-0.4, -0.2) is 18.9 Å². The molecular formula is C14H24O3. The zero-order valence-corrected chi connectivity index (χ0v) is 11.6. The van der Waals surface area contributed by atoms with Crippen molar-refractivity contribution in [3.8, 4) is 0 Å². The minimum atomic E-state index is -0.452. The molecule has 98 valence electrons. The van der Waals surface area contributed by atoms with Crippen LogP contribution in [0, 0.1) is 11.3 Å². The van der Waals surface area contributed by atoms with Gasteiger partial charge in [0.15, 0.2) is 0 Å². The Morgan fingerprint density at radius 1 is 1.35 bits per heavy atom. The van der Waals surface area contributed by atoms with Crippen molar-refractivity contribution in [2.24, 2.45) is 11.3 Å². The number of carbonyl (C=O) groups is 2. The number of allylic oxidation sites excluding steroid dienone is 1.